The van der Waals surface area contributed by atoms with Gasteiger partial charge in [-0.1, -0.05) is 5.22 Å². The minimum atomic E-state index is -6.41. The molecule has 0 radical (unpaired) electrons. The van der Waals surface area contributed by atoms with Gasteiger partial charge in [-0.3, -0.25) is 5.43 Å². The predicted molar refractivity (Wildman–Crippen MR) is 50.7 cm³/mol. The first kappa shape index (κ1) is 17.7. The molecule has 4 atom stereocenters. The van der Waals surface area contributed by atoms with E-state index in [4.69, 9.17) is 0 Å². The van der Waals surface area contributed by atoms with Gasteiger partial charge in [0.1, 0.15) is 0 Å². The number of hydrogen-bond donors (Lipinski definition) is 1. The molecule has 1 saturated carbocycles. The minimum absolute atomic E-state index is 0.565. The molecule has 138 valence electrons. The quantitative estimate of drug-likeness (QED) is 0.495. The van der Waals surface area contributed by atoms with Crippen molar-refractivity contribution < 1.29 is 52.7 Å². The van der Waals surface area contributed by atoms with E-state index < -0.39 is 57.0 Å². The monoisotopic (exact) mass is 399 g/mol. The van der Waals surface area contributed by atoms with Gasteiger partial charge in [0.2, 0.25) is 11.1 Å². The van der Waals surface area contributed by atoms with Crippen molar-refractivity contribution in [2.24, 2.45) is 10.3 Å². The highest BCUT2D eigenvalue weighted by atomic mass is 32.2. The van der Waals surface area contributed by atoms with Crippen LogP contribution in [0.5, 0.6) is 0 Å². The van der Waals surface area contributed by atoms with Crippen LogP contribution in [0.15, 0.2) is 10.3 Å². The van der Waals surface area contributed by atoms with Crippen molar-refractivity contribution in [1.82, 2.24) is 5.43 Å². The van der Waals surface area contributed by atoms with Gasteiger partial charge in [0.05, 0.1) is 0 Å². The first-order chi connectivity index (χ1) is 10.4. The van der Waals surface area contributed by atoms with E-state index in [-0.39, 0.29) is 0 Å². The van der Waals surface area contributed by atoms with E-state index in [1.54, 1.807) is 0 Å². The van der Waals surface area contributed by atoms with Crippen LogP contribution in [0.3, 0.4) is 0 Å². The molecule has 16 heteroatoms. The van der Waals surface area contributed by atoms with Crippen molar-refractivity contribution in [3.05, 3.63) is 0 Å². The number of rotatable bonds is 0. The van der Waals surface area contributed by atoms with Gasteiger partial charge < -0.3 is 0 Å². The molecule has 0 aromatic rings. The van der Waals surface area contributed by atoms with Crippen molar-refractivity contribution >= 4 is 11.8 Å². The van der Waals surface area contributed by atoms with Gasteiger partial charge in [-0.2, -0.15) is 52.7 Å². The van der Waals surface area contributed by atoms with Crippen LogP contribution in [0, 0.1) is 0 Å². The summed E-state index contributed by atoms with van der Waals surface area (Å²) in [5.74, 6) is 0. The molecular formula is C8HF12N3S. The summed E-state index contributed by atoms with van der Waals surface area (Å²) >= 11 is -1.50. The van der Waals surface area contributed by atoms with Crippen LogP contribution in [0.2, 0.25) is 0 Å². The molecule has 0 spiro atoms. The number of hydrogen-bond acceptors (Lipinski definition) is 4. The van der Waals surface area contributed by atoms with E-state index in [2.05, 4.69) is 5.22 Å². The minimum Gasteiger partial charge on any atom is -0.272 e. The summed E-state index contributed by atoms with van der Waals surface area (Å²) in [4.78, 5) is 0. The highest BCUT2D eigenvalue weighted by Crippen LogP contribution is 2.97. The standard InChI is InChI=1S/C8HF12N3S/c9-5(10,11)1-2(6(12,13)14,22-23-21-1)4(8(18,19)20)3(1,24-4)7(15,16)17/h(H,21,22). The Kier molecular flexibility index (Phi) is 2.73. The fraction of sp³-hybridized carbons (Fsp3) is 1.00. The molecule has 1 saturated heterocycles. The molecule has 0 bridgehead atoms. The fourth-order valence-corrected chi connectivity index (χ4v) is 5.77. The third-order valence-corrected chi connectivity index (χ3v) is 6.48. The Morgan fingerprint density at radius 2 is 1.08 bits per heavy atom. The van der Waals surface area contributed by atoms with Crippen LogP contribution in [0.25, 0.3) is 0 Å². The van der Waals surface area contributed by atoms with Gasteiger partial charge in [0.15, 0.2) is 9.49 Å². The number of alkyl halides is 12. The highest BCUT2D eigenvalue weighted by molar-refractivity contribution is 8.10. The maximum absolute atomic E-state index is 13.3. The van der Waals surface area contributed by atoms with Crippen LogP contribution in [0.4, 0.5) is 52.7 Å². The smallest absolute Gasteiger partial charge is 0.272 e. The maximum atomic E-state index is 13.3. The zero-order valence-electron chi connectivity index (χ0n) is 10.3. The molecule has 0 amide bonds. The van der Waals surface area contributed by atoms with E-state index in [0.717, 1.165) is 0 Å². The lowest BCUT2D eigenvalue weighted by atomic mass is 9.45. The van der Waals surface area contributed by atoms with Crippen LogP contribution < -0.4 is 5.43 Å². The second kappa shape index (κ2) is 3.70. The number of fused-ring (bicyclic) bond motifs is 4. The average Bonchev–Trinajstić information content (AvgIpc) is 2.78. The summed E-state index contributed by atoms with van der Waals surface area (Å²) in [7, 11) is 0. The Balaban J connectivity index is 2.42. The zero-order valence-corrected chi connectivity index (χ0v) is 11.2. The van der Waals surface area contributed by atoms with Crippen LogP contribution in [-0.2, 0) is 0 Å². The normalized spacial score (nSPS) is 44.5. The van der Waals surface area contributed by atoms with Crippen LogP contribution in [-0.4, -0.2) is 45.3 Å². The molecule has 0 aromatic carbocycles. The van der Waals surface area contributed by atoms with E-state index >= 15 is 0 Å². The molecule has 0 aromatic heterocycles. The van der Waals surface area contributed by atoms with E-state index in [0.29, 0.717) is 5.43 Å². The van der Waals surface area contributed by atoms with Crippen molar-refractivity contribution in [2.45, 2.75) is 45.3 Å². The lowest BCUT2D eigenvalue weighted by Gasteiger charge is -2.59. The number of nitrogens with one attached hydrogen (secondary N) is 1. The summed E-state index contributed by atoms with van der Waals surface area (Å²) < 4.78 is 149. The Labute approximate surface area is 126 Å². The largest absolute Gasteiger partial charge is 0.420 e. The molecule has 1 aliphatic carbocycles. The SMILES string of the molecule is FC(F)(F)C12N=NNC1(C(F)(F)F)C1(C(F)(F)F)SC21C(F)(F)F. The first-order valence-electron chi connectivity index (χ1n) is 5.57. The zero-order chi connectivity index (χ0) is 18.8. The molecule has 1 N–H and O–H groups in total. The maximum Gasteiger partial charge on any atom is 0.420 e. The van der Waals surface area contributed by atoms with Gasteiger partial charge in [-0.05, 0) is 0 Å². The lowest BCUT2D eigenvalue weighted by Crippen LogP contribution is -2.96. The summed E-state index contributed by atoms with van der Waals surface area (Å²) in [6, 6.07) is 0. The molecule has 4 unspecified atom stereocenters. The fourth-order valence-electron chi connectivity index (χ4n) is 3.68. The van der Waals surface area contributed by atoms with Crippen molar-refractivity contribution in [2.75, 3.05) is 0 Å². The third-order valence-electron chi connectivity index (χ3n) is 4.39. The molecule has 2 heterocycles. The van der Waals surface area contributed by atoms with E-state index in [1.807, 2.05) is 5.11 Å². The average molecular weight is 399 g/mol. The van der Waals surface area contributed by atoms with Gasteiger partial charge in [-0.25, -0.2) is 0 Å². The van der Waals surface area contributed by atoms with Gasteiger partial charge in [-0.15, -0.1) is 16.9 Å². The highest BCUT2D eigenvalue weighted by Gasteiger charge is 3.21. The van der Waals surface area contributed by atoms with Crippen LogP contribution in [0.1, 0.15) is 0 Å². The molecule has 2 aliphatic heterocycles. The topological polar surface area (TPSA) is 36.8 Å². The van der Waals surface area contributed by atoms with Gasteiger partial charge in [0, 0.05) is 0 Å². The molecular weight excluding hydrogens is 398 g/mol. The molecule has 2 fully saturated rings. The van der Waals surface area contributed by atoms with E-state index in [9.17, 15) is 52.7 Å². The number of halogens is 12. The van der Waals surface area contributed by atoms with Crippen molar-refractivity contribution in [1.29, 1.82) is 0 Å². The second-order valence-corrected chi connectivity index (χ2v) is 6.66. The Bertz CT molecular complexity index is 632. The van der Waals surface area contributed by atoms with Gasteiger partial charge in [0.25, 0.3) is 0 Å². The number of nitrogens with zero attached hydrogens (tertiary/aromatic N) is 2. The Morgan fingerprint density at radius 1 is 0.625 bits per heavy atom. The summed E-state index contributed by atoms with van der Waals surface area (Å²) in [6.45, 7) is 0. The molecule has 3 aliphatic rings. The summed E-state index contributed by atoms with van der Waals surface area (Å²) in [6.07, 6.45) is -25.4. The van der Waals surface area contributed by atoms with E-state index in [1.165, 1.54) is 0 Å². The summed E-state index contributed by atoms with van der Waals surface area (Å²) in [5, 5.41) is 4.10. The Morgan fingerprint density at radius 3 is 1.42 bits per heavy atom. The molecule has 3 rings (SSSR count). The third kappa shape index (κ3) is 1.21. The second-order valence-electron chi connectivity index (χ2n) is 5.23. The van der Waals surface area contributed by atoms with Crippen molar-refractivity contribution in [3.8, 4) is 0 Å². The lowest BCUT2D eigenvalue weighted by molar-refractivity contribution is -0.382. The Hall–Kier alpha value is -1.09. The van der Waals surface area contributed by atoms with Crippen LogP contribution >= 0.6 is 11.8 Å². The summed E-state index contributed by atoms with van der Waals surface area (Å²) in [5.41, 5.74) is -9.72. The molecule has 24 heavy (non-hydrogen) atoms. The predicted octanol–water partition coefficient (Wildman–Crippen LogP) is 3.92. The van der Waals surface area contributed by atoms with Gasteiger partial charge >= 0.3 is 24.7 Å². The molecule has 3 nitrogen and oxygen atoms in total. The first-order valence-corrected chi connectivity index (χ1v) is 6.39. The number of thioether (sulfide) groups is 1. The van der Waals surface area contributed by atoms with Crippen molar-refractivity contribution in [3.63, 3.8) is 0 Å².